The van der Waals surface area contributed by atoms with Crippen LogP contribution in [-0.2, 0) is 14.3 Å². The Balaban J connectivity index is 3.47. The van der Waals surface area contributed by atoms with Gasteiger partial charge in [0.1, 0.15) is 23.4 Å². The van der Waals surface area contributed by atoms with E-state index in [0.29, 0.717) is 0 Å². The smallest absolute Gasteiger partial charge is 0.408 e. The number of benzene rings is 1. The van der Waals surface area contributed by atoms with Crippen molar-refractivity contribution in [2.45, 2.75) is 84.7 Å². The van der Waals surface area contributed by atoms with Gasteiger partial charge in [-0.15, -0.1) is 0 Å². The molecule has 1 aromatic rings. The van der Waals surface area contributed by atoms with E-state index in [4.69, 9.17) is 4.74 Å². The lowest BCUT2D eigenvalue weighted by atomic mass is 9.95. The van der Waals surface area contributed by atoms with E-state index in [0.717, 1.165) is 0 Å². The van der Waals surface area contributed by atoms with Gasteiger partial charge in [-0.1, -0.05) is 18.2 Å². The Hall–Kier alpha value is -2.42. The average Bonchev–Trinajstić information content (AvgIpc) is 2.61. The van der Waals surface area contributed by atoms with E-state index in [9.17, 15) is 19.5 Å². The van der Waals surface area contributed by atoms with Crippen molar-refractivity contribution in [2.75, 3.05) is 5.75 Å². The highest BCUT2D eigenvalue weighted by Gasteiger charge is 2.42. The number of aromatic hydroxyl groups is 1. The second-order valence-corrected chi connectivity index (χ2v) is 10.3. The molecular weight excluding hydrogens is 430 g/mol. The third-order valence-corrected chi connectivity index (χ3v) is 4.67. The lowest BCUT2D eigenvalue weighted by Gasteiger charge is -2.43. The molecular formula is C23H37N3O5S. The van der Waals surface area contributed by atoms with E-state index >= 15 is 0 Å². The lowest BCUT2D eigenvalue weighted by Crippen LogP contribution is -2.59. The molecule has 2 atom stereocenters. The first kappa shape index (κ1) is 27.6. The number of amides is 3. The van der Waals surface area contributed by atoms with Crippen LogP contribution in [0.2, 0.25) is 0 Å². The number of nitrogens with zero attached hydrogens (tertiary/aromatic N) is 1. The van der Waals surface area contributed by atoms with Gasteiger partial charge in [-0.05, 0) is 61.5 Å². The summed E-state index contributed by atoms with van der Waals surface area (Å²) in [6.45, 7) is 14.1. The molecule has 0 bridgehead atoms. The molecule has 3 amide bonds. The van der Waals surface area contributed by atoms with E-state index < -0.39 is 41.1 Å². The third-order valence-electron chi connectivity index (χ3n) is 4.30. The highest BCUT2D eigenvalue weighted by molar-refractivity contribution is 7.80. The quantitative estimate of drug-likeness (QED) is 0.460. The number of phenols is 1. The first-order valence-corrected chi connectivity index (χ1v) is 11.2. The number of thiol groups is 1. The molecule has 0 radical (unpaired) electrons. The summed E-state index contributed by atoms with van der Waals surface area (Å²) in [5.41, 5.74) is -1.30. The van der Waals surface area contributed by atoms with E-state index in [-0.39, 0.29) is 23.1 Å². The number of phenolic OH excluding ortho intramolecular Hbond substituents is 1. The molecule has 0 heterocycles. The number of rotatable bonds is 7. The number of nitrogens with one attached hydrogen (secondary N) is 2. The van der Waals surface area contributed by atoms with Gasteiger partial charge in [0.15, 0.2) is 0 Å². The highest BCUT2D eigenvalue weighted by atomic mass is 32.1. The first-order chi connectivity index (χ1) is 14.6. The molecule has 3 N–H and O–H groups in total. The van der Waals surface area contributed by atoms with Crippen molar-refractivity contribution in [1.82, 2.24) is 15.5 Å². The van der Waals surface area contributed by atoms with Gasteiger partial charge in [0.25, 0.3) is 0 Å². The van der Waals surface area contributed by atoms with Gasteiger partial charge >= 0.3 is 6.09 Å². The van der Waals surface area contributed by atoms with Crippen LogP contribution in [0.25, 0.3) is 0 Å². The predicted molar refractivity (Wildman–Crippen MR) is 128 cm³/mol. The molecule has 180 valence electrons. The molecule has 2 unspecified atom stereocenters. The molecule has 0 saturated carbocycles. The fraction of sp³-hybridized carbons (Fsp3) is 0.609. The van der Waals surface area contributed by atoms with Crippen LogP contribution < -0.4 is 10.6 Å². The molecule has 0 aromatic heterocycles. The minimum absolute atomic E-state index is 0.00997. The molecule has 32 heavy (non-hydrogen) atoms. The van der Waals surface area contributed by atoms with Gasteiger partial charge in [-0.3, -0.25) is 9.59 Å². The normalized spacial score (nSPS) is 13.8. The van der Waals surface area contributed by atoms with Crippen molar-refractivity contribution in [3.8, 4) is 5.75 Å². The summed E-state index contributed by atoms with van der Waals surface area (Å²) in [6, 6.07) is 4.02. The summed E-state index contributed by atoms with van der Waals surface area (Å²) in [5.74, 6) is -1.09. The van der Waals surface area contributed by atoms with Crippen LogP contribution in [-0.4, -0.2) is 56.9 Å². The number of carbonyl (C=O) groups is 3. The monoisotopic (exact) mass is 467 g/mol. The van der Waals surface area contributed by atoms with Gasteiger partial charge in [-0.2, -0.15) is 12.6 Å². The molecule has 0 aliphatic rings. The van der Waals surface area contributed by atoms with Crippen molar-refractivity contribution >= 4 is 30.5 Å². The van der Waals surface area contributed by atoms with Crippen molar-refractivity contribution in [1.29, 1.82) is 0 Å². The zero-order chi connectivity index (χ0) is 24.9. The number of hydrogen-bond donors (Lipinski definition) is 4. The maximum atomic E-state index is 13.7. The summed E-state index contributed by atoms with van der Waals surface area (Å²) < 4.78 is 5.28. The number of alkyl carbamates (subject to hydrolysis) is 1. The van der Waals surface area contributed by atoms with Crippen molar-refractivity contribution < 1.29 is 24.2 Å². The van der Waals surface area contributed by atoms with Gasteiger partial charge < -0.3 is 25.4 Å². The predicted octanol–water partition coefficient (Wildman–Crippen LogP) is 3.41. The number of ether oxygens (including phenoxy) is 1. The zero-order valence-corrected chi connectivity index (χ0v) is 21.1. The van der Waals surface area contributed by atoms with E-state index in [2.05, 4.69) is 23.3 Å². The standard InChI is InChI=1S/C23H37N3O5S/c1-14(2)24-19(28)18(15-11-9-10-12-17(15)27)26(22(3,4)5)20(29)16(13-32)25-21(30)31-23(6,7)8/h9-12,14,16,18,27,32H,13H2,1-8H3,(H,24,28)(H,25,30). The molecule has 0 fully saturated rings. The average molecular weight is 468 g/mol. The summed E-state index contributed by atoms with van der Waals surface area (Å²) in [7, 11) is 0. The number of hydrogen-bond acceptors (Lipinski definition) is 6. The molecule has 0 aliphatic heterocycles. The fourth-order valence-electron chi connectivity index (χ4n) is 3.13. The van der Waals surface area contributed by atoms with E-state index in [1.165, 1.54) is 11.0 Å². The molecule has 1 aromatic carbocycles. The van der Waals surface area contributed by atoms with Crippen molar-refractivity contribution in [3.63, 3.8) is 0 Å². The molecule has 1 rings (SSSR count). The Morgan fingerprint density at radius 2 is 1.62 bits per heavy atom. The topological polar surface area (TPSA) is 108 Å². The summed E-state index contributed by atoms with van der Waals surface area (Å²) in [5, 5.41) is 15.9. The number of para-hydroxylation sites is 1. The zero-order valence-electron chi connectivity index (χ0n) is 20.2. The summed E-state index contributed by atoms with van der Waals surface area (Å²) in [6.07, 6.45) is -0.760. The van der Waals surface area contributed by atoms with Gasteiger partial charge in [-0.25, -0.2) is 4.79 Å². The Labute approximate surface area is 196 Å². The molecule has 0 saturated heterocycles. The van der Waals surface area contributed by atoms with Gasteiger partial charge in [0.05, 0.1) is 0 Å². The summed E-state index contributed by atoms with van der Waals surface area (Å²) in [4.78, 5) is 40.6. The summed E-state index contributed by atoms with van der Waals surface area (Å²) >= 11 is 4.25. The highest BCUT2D eigenvalue weighted by Crippen LogP contribution is 2.34. The number of carbonyl (C=O) groups excluding carboxylic acids is 3. The van der Waals surface area contributed by atoms with Crippen LogP contribution in [0.4, 0.5) is 4.79 Å². The largest absolute Gasteiger partial charge is 0.508 e. The second kappa shape index (κ2) is 10.9. The van der Waals surface area contributed by atoms with Crippen LogP contribution in [0.1, 0.15) is 67.0 Å². The van der Waals surface area contributed by atoms with Crippen molar-refractivity contribution in [2.24, 2.45) is 0 Å². The Kier molecular flexibility index (Phi) is 9.44. The fourth-order valence-corrected chi connectivity index (χ4v) is 3.38. The maximum absolute atomic E-state index is 13.7. The van der Waals surface area contributed by atoms with E-state index in [1.807, 2.05) is 13.8 Å². The van der Waals surface area contributed by atoms with Crippen LogP contribution in [0.5, 0.6) is 5.75 Å². The van der Waals surface area contributed by atoms with Crippen molar-refractivity contribution in [3.05, 3.63) is 29.8 Å². The maximum Gasteiger partial charge on any atom is 0.408 e. The van der Waals surface area contributed by atoms with Crippen LogP contribution in [0.15, 0.2) is 24.3 Å². The molecule has 0 spiro atoms. The SMILES string of the molecule is CC(C)NC(=O)C(c1ccccc1O)N(C(=O)C(CS)NC(=O)OC(C)(C)C)C(C)(C)C. The Bertz CT molecular complexity index is 815. The third kappa shape index (κ3) is 7.93. The van der Waals surface area contributed by atoms with Crippen LogP contribution in [0.3, 0.4) is 0 Å². The van der Waals surface area contributed by atoms with Gasteiger partial charge in [0.2, 0.25) is 11.8 Å². The molecule has 8 nitrogen and oxygen atoms in total. The van der Waals surface area contributed by atoms with Gasteiger partial charge in [0, 0.05) is 22.9 Å². The second-order valence-electron chi connectivity index (χ2n) is 9.89. The minimum Gasteiger partial charge on any atom is -0.508 e. The van der Waals surface area contributed by atoms with Crippen LogP contribution >= 0.6 is 12.6 Å². The molecule has 9 heteroatoms. The van der Waals surface area contributed by atoms with E-state index in [1.54, 1.807) is 59.7 Å². The van der Waals surface area contributed by atoms with Crippen LogP contribution in [0, 0.1) is 0 Å². The minimum atomic E-state index is -1.13. The lowest BCUT2D eigenvalue weighted by molar-refractivity contribution is -0.148. The Morgan fingerprint density at radius 1 is 1.06 bits per heavy atom. The first-order valence-electron chi connectivity index (χ1n) is 10.6. The Morgan fingerprint density at radius 3 is 2.06 bits per heavy atom. The molecule has 0 aliphatic carbocycles.